The molecular weight excluding hydrogens is 470 g/mol. The molecule has 1 aromatic carbocycles. The first-order valence-electron chi connectivity index (χ1n) is 10.8. The van der Waals surface area contributed by atoms with Crippen LogP contribution >= 0.6 is 11.8 Å². The number of hydrogen-bond donors (Lipinski definition) is 4. The zero-order valence-corrected chi connectivity index (χ0v) is 20.1. The number of carboxylic acids is 1. The van der Waals surface area contributed by atoms with Crippen molar-refractivity contribution in [3.63, 3.8) is 0 Å². The monoisotopic (exact) mass is 497 g/mol. The molecule has 0 radical (unpaired) electrons. The Balaban J connectivity index is 1.61. The van der Waals surface area contributed by atoms with Gasteiger partial charge in [0, 0.05) is 31.7 Å². The summed E-state index contributed by atoms with van der Waals surface area (Å²) in [5, 5.41) is 17.2. The zero-order chi connectivity index (χ0) is 25.5. The number of carboxylic acid groups (broad SMARTS) is 1. The Morgan fingerprint density at radius 2 is 1.66 bits per heavy atom. The molecule has 10 nitrogen and oxygen atoms in total. The van der Waals surface area contributed by atoms with E-state index in [1.807, 2.05) is 12.3 Å². The smallest absolute Gasteiger partial charge is 0.326 e. The number of unbranched alkanes of at least 4 members (excludes halogenated alkanes) is 1. The number of hydrogen-bond acceptors (Lipinski definition) is 7. The summed E-state index contributed by atoms with van der Waals surface area (Å²) in [7, 11) is 0. The summed E-state index contributed by atoms with van der Waals surface area (Å²) in [5.74, 6) is 3.19. The van der Waals surface area contributed by atoms with Crippen molar-refractivity contribution in [2.24, 2.45) is 0 Å². The van der Waals surface area contributed by atoms with Gasteiger partial charge in [0.15, 0.2) is 5.16 Å². The third kappa shape index (κ3) is 11.2. The van der Waals surface area contributed by atoms with Crippen LogP contribution in [0.1, 0.15) is 30.4 Å². The highest BCUT2D eigenvalue weighted by atomic mass is 32.2. The number of aromatic nitrogens is 2. The first kappa shape index (κ1) is 27.3. The van der Waals surface area contributed by atoms with Crippen LogP contribution in [0.5, 0.6) is 0 Å². The lowest BCUT2D eigenvalue weighted by Gasteiger charge is -2.15. The maximum Gasteiger partial charge on any atom is 0.326 e. The summed E-state index contributed by atoms with van der Waals surface area (Å²) < 4.78 is 0. The second kappa shape index (κ2) is 15.1. The van der Waals surface area contributed by atoms with Gasteiger partial charge < -0.3 is 21.1 Å². The number of nitrogens with one attached hydrogen (secondary N) is 3. The van der Waals surface area contributed by atoms with Crippen LogP contribution in [-0.4, -0.2) is 64.2 Å². The molecule has 2 rings (SSSR count). The summed E-state index contributed by atoms with van der Waals surface area (Å²) in [4.78, 5) is 55.5. The second-order valence-electron chi connectivity index (χ2n) is 7.32. The van der Waals surface area contributed by atoms with Crippen LogP contribution in [0.25, 0.3) is 0 Å². The summed E-state index contributed by atoms with van der Waals surface area (Å²) >= 11 is 1.44. The molecule has 0 bridgehead atoms. The Labute approximate surface area is 207 Å². The SMILES string of the molecule is CSc1ncc(C#CCCCC(=O)NCC(=O)NCC(=O)NC(Cc2ccccc2)C(=O)O)cn1. The van der Waals surface area contributed by atoms with Gasteiger partial charge in [-0.1, -0.05) is 53.9 Å². The van der Waals surface area contributed by atoms with Crippen LogP contribution < -0.4 is 16.0 Å². The minimum absolute atomic E-state index is 0.119. The largest absolute Gasteiger partial charge is 0.480 e. The molecule has 3 amide bonds. The van der Waals surface area contributed by atoms with Gasteiger partial charge in [-0.2, -0.15) is 0 Å². The van der Waals surface area contributed by atoms with Crippen molar-refractivity contribution in [2.75, 3.05) is 19.3 Å². The molecule has 1 unspecified atom stereocenters. The topological polar surface area (TPSA) is 150 Å². The highest BCUT2D eigenvalue weighted by Crippen LogP contribution is 2.06. The number of nitrogens with zero attached hydrogens (tertiary/aromatic N) is 2. The number of carbonyl (C=O) groups excluding carboxylic acids is 3. The van der Waals surface area contributed by atoms with E-state index in [9.17, 15) is 24.3 Å². The molecule has 0 aliphatic carbocycles. The summed E-state index contributed by atoms with van der Waals surface area (Å²) in [6.45, 7) is -0.687. The molecule has 11 heteroatoms. The summed E-state index contributed by atoms with van der Waals surface area (Å²) in [5.41, 5.74) is 1.46. The van der Waals surface area contributed by atoms with E-state index < -0.39 is 30.4 Å². The summed E-state index contributed by atoms with van der Waals surface area (Å²) in [6.07, 6.45) is 6.50. The predicted octanol–water partition coefficient (Wildman–Crippen LogP) is 0.765. The molecule has 1 heterocycles. The molecule has 2 aromatic rings. The van der Waals surface area contributed by atoms with E-state index in [0.29, 0.717) is 23.6 Å². The van der Waals surface area contributed by atoms with E-state index in [2.05, 4.69) is 37.8 Å². The van der Waals surface area contributed by atoms with Crippen molar-refractivity contribution in [1.82, 2.24) is 25.9 Å². The lowest BCUT2D eigenvalue weighted by Crippen LogP contribution is -2.47. The molecule has 35 heavy (non-hydrogen) atoms. The van der Waals surface area contributed by atoms with Gasteiger partial charge in [0.25, 0.3) is 0 Å². The quantitative estimate of drug-likeness (QED) is 0.145. The fourth-order valence-electron chi connectivity index (χ4n) is 2.79. The average Bonchev–Trinajstić information content (AvgIpc) is 2.86. The van der Waals surface area contributed by atoms with Gasteiger partial charge in [-0.3, -0.25) is 14.4 Å². The second-order valence-corrected chi connectivity index (χ2v) is 8.09. The minimum Gasteiger partial charge on any atom is -0.480 e. The van der Waals surface area contributed by atoms with Crippen LogP contribution in [0.3, 0.4) is 0 Å². The minimum atomic E-state index is -1.17. The van der Waals surface area contributed by atoms with E-state index in [4.69, 9.17) is 0 Å². The van der Waals surface area contributed by atoms with Crippen LogP contribution in [0, 0.1) is 11.8 Å². The molecule has 1 atom stereocenters. The van der Waals surface area contributed by atoms with E-state index >= 15 is 0 Å². The van der Waals surface area contributed by atoms with Gasteiger partial charge in [0.2, 0.25) is 17.7 Å². The van der Waals surface area contributed by atoms with E-state index in [-0.39, 0.29) is 25.3 Å². The highest BCUT2D eigenvalue weighted by molar-refractivity contribution is 7.98. The predicted molar refractivity (Wildman–Crippen MR) is 130 cm³/mol. The van der Waals surface area contributed by atoms with Crippen molar-refractivity contribution in [2.45, 2.75) is 36.9 Å². The Kier molecular flexibility index (Phi) is 11.8. The van der Waals surface area contributed by atoms with E-state index in [1.54, 1.807) is 36.7 Å². The summed E-state index contributed by atoms with van der Waals surface area (Å²) in [6, 6.07) is 7.77. The maximum absolute atomic E-state index is 12.0. The number of benzene rings is 1. The van der Waals surface area contributed by atoms with Crippen molar-refractivity contribution in [3.05, 3.63) is 53.9 Å². The first-order chi connectivity index (χ1) is 16.9. The molecule has 0 saturated heterocycles. The average molecular weight is 498 g/mol. The molecule has 0 aliphatic heterocycles. The van der Waals surface area contributed by atoms with Gasteiger partial charge >= 0.3 is 5.97 Å². The van der Waals surface area contributed by atoms with Gasteiger partial charge in [-0.15, -0.1) is 0 Å². The molecule has 0 fully saturated rings. The van der Waals surface area contributed by atoms with Crippen LogP contribution in [0.4, 0.5) is 0 Å². The van der Waals surface area contributed by atoms with E-state index in [1.165, 1.54) is 11.8 Å². The number of amides is 3. The van der Waals surface area contributed by atoms with Crippen molar-refractivity contribution < 1.29 is 24.3 Å². The van der Waals surface area contributed by atoms with Crippen LogP contribution in [-0.2, 0) is 25.6 Å². The van der Waals surface area contributed by atoms with Crippen LogP contribution in [0.15, 0.2) is 47.9 Å². The van der Waals surface area contributed by atoms with Gasteiger partial charge in [-0.05, 0) is 18.2 Å². The molecule has 0 aliphatic rings. The number of carbonyl (C=O) groups is 4. The maximum atomic E-state index is 12.0. The molecule has 1 aromatic heterocycles. The Morgan fingerprint density at radius 1 is 1.00 bits per heavy atom. The first-order valence-corrected chi connectivity index (χ1v) is 12.0. The third-order valence-corrected chi connectivity index (χ3v) is 5.13. The Bertz CT molecular complexity index is 1070. The van der Waals surface area contributed by atoms with Gasteiger partial charge in [-0.25, -0.2) is 14.8 Å². The standard InChI is InChI=1S/C24H27N5O5S/c1-35-24-27-13-18(14-28-24)10-6-3-7-11-20(30)25-15-21(31)26-16-22(32)29-19(23(33)34)12-17-8-4-2-5-9-17/h2,4-5,8-9,13-14,19H,3,7,11-12,15-16H2,1H3,(H,25,30)(H,26,31)(H,29,32)(H,33,34). The fraction of sp³-hybridized carbons (Fsp3) is 0.333. The number of thioether (sulfide) groups is 1. The fourth-order valence-corrected chi connectivity index (χ4v) is 3.11. The van der Waals surface area contributed by atoms with Gasteiger partial charge in [0.05, 0.1) is 18.7 Å². The number of rotatable bonds is 12. The highest BCUT2D eigenvalue weighted by Gasteiger charge is 2.20. The number of aliphatic carboxylic acids is 1. The lowest BCUT2D eigenvalue weighted by molar-refractivity contribution is -0.141. The zero-order valence-electron chi connectivity index (χ0n) is 19.2. The van der Waals surface area contributed by atoms with Gasteiger partial charge in [0.1, 0.15) is 6.04 Å². The normalized spacial score (nSPS) is 10.9. The Hall–Kier alpha value is -3.91. The van der Waals surface area contributed by atoms with E-state index in [0.717, 1.165) is 5.56 Å². The van der Waals surface area contributed by atoms with Crippen LogP contribution in [0.2, 0.25) is 0 Å². The van der Waals surface area contributed by atoms with Crippen molar-refractivity contribution >= 4 is 35.5 Å². The molecule has 0 saturated carbocycles. The van der Waals surface area contributed by atoms with Crippen molar-refractivity contribution in [1.29, 1.82) is 0 Å². The Morgan fingerprint density at radius 3 is 2.31 bits per heavy atom. The molecule has 0 spiro atoms. The lowest BCUT2D eigenvalue weighted by atomic mass is 10.1. The molecule has 4 N–H and O–H groups in total. The van der Waals surface area contributed by atoms with Crippen molar-refractivity contribution in [3.8, 4) is 11.8 Å². The molecular formula is C24H27N5O5S. The molecule has 184 valence electrons. The third-order valence-electron chi connectivity index (χ3n) is 4.56.